The van der Waals surface area contributed by atoms with Crippen molar-refractivity contribution < 1.29 is 0 Å². The Bertz CT molecular complexity index is 617. The highest BCUT2D eigenvalue weighted by Crippen LogP contribution is 2.34. The molecule has 1 atom stereocenters. The molecule has 1 aliphatic heterocycles. The van der Waals surface area contributed by atoms with Crippen molar-refractivity contribution in [3.63, 3.8) is 0 Å². The Morgan fingerprint density at radius 1 is 1.33 bits per heavy atom. The van der Waals surface area contributed by atoms with E-state index in [9.17, 15) is 0 Å². The summed E-state index contributed by atoms with van der Waals surface area (Å²) in [5, 5.41) is 3.42. The fraction of sp³-hybridized carbons (Fsp3) is 0.444. The summed E-state index contributed by atoms with van der Waals surface area (Å²) in [4.78, 5) is 5.46. The minimum absolute atomic E-state index is 0.596. The fourth-order valence-electron chi connectivity index (χ4n) is 3.13. The molecule has 0 aliphatic carbocycles. The van der Waals surface area contributed by atoms with E-state index in [0.29, 0.717) is 6.04 Å². The summed E-state index contributed by atoms with van der Waals surface area (Å²) in [7, 11) is 0. The van der Waals surface area contributed by atoms with Gasteiger partial charge in [0, 0.05) is 34.6 Å². The van der Waals surface area contributed by atoms with Crippen LogP contribution in [0.15, 0.2) is 30.3 Å². The lowest BCUT2D eigenvalue weighted by Crippen LogP contribution is -2.28. The maximum atomic E-state index is 3.42. The number of aryl methyl sites for hydroxylation is 1. The van der Waals surface area contributed by atoms with E-state index in [-0.39, 0.29) is 0 Å². The van der Waals surface area contributed by atoms with E-state index in [1.165, 1.54) is 33.0 Å². The van der Waals surface area contributed by atoms with Gasteiger partial charge in [0.05, 0.1) is 0 Å². The van der Waals surface area contributed by atoms with Crippen molar-refractivity contribution in [2.75, 3.05) is 11.4 Å². The Kier molecular flexibility index (Phi) is 4.32. The van der Waals surface area contributed by atoms with Crippen molar-refractivity contribution in [2.24, 2.45) is 0 Å². The van der Waals surface area contributed by atoms with E-state index in [1.807, 2.05) is 11.3 Å². The van der Waals surface area contributed by atoms with Crippen LogP contribution in [0.4, 0.5) is 5.69 Å². The van der Waals surface area contributed by atoms with E-state index >= 15 is 0 Å². The standard InChI is InChI=1S/C18H24N2S/c1-4-19-11-17-10-16(14(3)21-17)12-20-13(2)9-15-7-5-6-8-18(15)20/h5-8,10,13,19H,4,9,11-12H2,1-3H3. The molecule has 2 nitrogen and oxygen atoms in total. The van der Waals surface area contributed by atoms with Gasteiger partial charge in [-0.15, -0.1) is 11.3 Å². The quantitative estimate of drug-likeness (QED) is 0.893. The number of thiophene rings is 1. The fourth-order valence-corrected chi connectivity index (χ4v) is 4.16. The van der Waals surface area contributed by atoms with Gasteiger partial charge in [0.15, 0.2) is 0 Å². The average molecular weight is 300 g/mol. The molecule has 0 amide bonds. The molecule has 1 aliphatic rings. The van der Waals surface area contributed by atoms with E-state index in [4.69, 9.17) is 0 Å². The smallest absolute Gasteiger partial charge is 0.0443 e. The Balaban J connectivity index is 1.79. The first-order valence-electron chi connectivity index (χ1n) is 7.82. The van der Waals surface area contributed by atoms with Crippen LogP contribution >= 0.6 is 11.3 Å². The topological polar surface area (TPSA) is 15.3 Å². The monoisotopic (exact) mass is 300 g/mol. The minimum Gasteiger partial charge on any atom is -0.364 e. The van der Waals surface area contributed by atoms with Crippen LogP contribution in [0.5, 0.6) is 0 Å². The highest BCUT2D eigenvalue weighted by atomic mass is 32.1. The van der Waals surface area contributed by atoms with Gasteiger partial charge < -0.3 is 10.2 Å². The van der Waals surface area contributed by atoms with Gasteiger partial charge in [-0.05, 0) is 50.1 Å². The molecule has 1 unspecified atom stereocenters. The Morgan fingerprint density at radius 2 is 2.14 bits per heavy atom. The molecule has 0 spiro atoms. The summed E-state index contributed by atoms with van der Waals surface area (Å²) in [6.45, 7) is 9.80. The molecule has 0 saturated carbocycles. The molecule has 0 saturated heterocycles. The molecule has 3 heteroatoms. The number of nitrogens with zero attached hydrogens (tertiary/aromatic N) is 1. The first-order valence-corrected chi connectivity index (χ1v) is 8.64. The lowest BCUT2D eigenvalue weighted by atomic mass is 10.1. The molecule has 0 bridgehead atoms. The van der Waals surface area contributed by atoms with Crippen LogP contribution < -0.4 is 10.2 Å². The Hall–Kier alpha value is -1.32. The summed E-state index contributed by atoms with van der Waals surface area (Å²) < 4.78 is 0. The number of fused-ring (bicyclic) bond motifs is 1. The third-order valence-corrected chi connectivity index (χ3v) is 5.40. The van der Waals surface area contributed by atoms with Crippen molar-refractivity contribution in [1.29, 1.82) is 0 Å². The van der Waals surface area contributed by atoms with Crippen molar-refractivity contribution >= 4 is 17.0 Å². The lowest BCUT2D eigenvalue weighted by molar-refractivity contribution is 0.671. The maximum absolute atomic E-state index is 3.42. The largest absolute Gasteiger partial charge is 0.364 e. The molecule has 1 aromatic heterocycles. The molecule has 112 valence electrons. The van der Waals surface area contributed by atoms with Crippen molar-refractivity contribution in [3.8, 4) is 0 Å². The van der Waals surface area contributed by atoms with Gasteiger partial charge in [0.2, 0.25) is 0 Å². The van der Waals surface area contributed by atoms with E-state index in [0.717, 1.165) is 19.6 Å². The maximum Gasteiger partial charge on any atom is 0.0443 e. The van der Waals surface area contributed by atoms with Gasteiger partial charge in [0.1, 0.15) is 0 Å². The molecular formula is C18H24N2S. The van der Waals surface area contributed by atoms with Gasteiger partial charge in [-0.2, -0.15) is 0 Å². The van der Waals surface area contributed by atoms with Crippen LogP contribution in [0, 0.1) is 6.92 Å². The second-order valence-corrected chi connectivity index (χ2v) is 7.23. The lowest BCUT2D eigenvalue weighted by Gasteiger charge is -2.25. The van der Waals surface area contributed by atoms with Crippen LogP contribution in [-0.2, 0) is 19.5 Å². The SMILES string of the molecule is CCNCc1cc(CN2c3ccccc3CC2C)c(C)s1. The van der Waals surface area contributed by atoms with E-state index in [1.54, 1.807) is 0 Å². The number of benzene rings is 1. The Morgan fingerprint density at radius 3 is 2.95 bits per heavy atom. The summed E-state index contributed by atoms with van der Waals surface area (Å²) in [5.74, 6) is 0. The van der Waals surface area contributed by atoms with Crippen LogP contribution in [0.2, 0.25) is 0 Å². The van der Waals surface area contributed by atoms with Gasteiger partial charge in [0.25, 0.3) is 0 Å². The molecular weight excluding hydrogens is 276 g/mol. The van der Waals surface area contributed by atoms with Crippen LogP contribution in [-0.4, -0.2) is 12.6 Å². The van der Waals surface area contributed by atoms with Gasteiger partial charge in [-0.25, -0.2) is 0 Å². The Labute approximate surface area is 131 Å². The van der Waals surface area contributed by atoms with Crippen LogP contribution in [0.25, 0.3) is 0 Å². The minimum atomic E-state index is 0.596. The average Bonchev–Trinajstić information content (AvgIpc) is 2.98. The molecule has 3 rings (SSSR count). The first kappa shape index (κ1) is 14.6. The van der Waals surface area contributed by atoms with Crippen LogP contribution in [0.1, 0.15) is 34.7 Å². The third kappa shape index (κ3) is 2.99. The summed E-state index contributed by atoms with van der Waals surface area (Å²) in [5.41, 5.74) is 4.39. The molecule has 0 radical (unpaired) electrons. The van der Waals surface area contributed by atoms with Crippen molar-refractivity contribution in [1.82, 2.24) is 5.32 Å². The van der Waals surface area contributed by atoms with E-state index in [2.05, 4.69) is 61.3 Å². The number of nitrogens with one attached hydrogen (secondary N) is 1. The second-order valence-electron chi connectivity index (χ2n) is 5.88. The molecule has 1 N–H and O–H groups in total. The predicted molar refractivity (Wildman–Crippen MR) is 92.2 cm³/mol. The van der Waals surface area contributed by atoms with Crippen molar-refractivity contribution in [3.05, 3.63) is 51.2 Å². The van der Waals surface area contributed by atoms with Gasteiger partial charge in [-0.1, -0.05) is 25.1 Å². The zero-order valence-electron chi connectivity index (χ0n) is 13.1. The second kappa shape index (κ2) is 6.20. The highest BCUT2D eigenvalue weighted by molar-refractivity contribution is 7.12. The molecule has 0 fully saturated rings. The first-order chi connectivity index (χ1) is 10.2. The van der Waals surface area contributed by atoms with Crippen molar-refractivity contribution in [2.45, 2.75) is 46.3 Å². The van der Waals surface area contributed by atoms with Gasteiger partial charge >= 0.3 is 0 Å². The molecule has 2 aromatic rings. The number of anilines is 1. The van der Waals surface area contributed by atoms with Crippen LogP contribution in [0.3, 0.4) is 0 Å². The molecule has 1 aromatic carbocycles. The number of para-hydroxylation sites is 1. The summed E-state index contributed by atoms with van der Waals surface area (Å²) in [6, 6.07) is 11.8. The zero-order chi connectivity index (χ0) is 14.8. The van der Waals surface area contributed by atoms with Gasteiger partial charge in [-0.3, -0.25) is 0 Å². The third-order valence-electron chi connectivity index (χ3n) is 4.31. The number of hydrogen-bond acceptors (Lipinski definition) is 3. The van der Waals surface area contributed by atoms with E-state index < -0.39 is 0 Å². The predicted octanol–water partition coefficient (Wildman–Crippen LogP) is 4.12. The number of rotatable bonds is 5. The summed E-state index contributed by atoms with van der Waals surface area (Å²) in [6.07, 6.45) is 1.17. The number of hydrogen-bond donors (Lipinski definition) is 1. The summed E-state index contributed by atoms with van der Waals surface area (Å²) >= 11 is 1.93. The molecule has 2 heterocycles. The normalized spacial score (nSPS) is 17.3. The zero-order valence-corrected chi connectivity index (χ0v) is 14.0. The molecule has 21 heavy (non-hydrogen) atoms. The highest BCUT2D eigenvalue weighted by Gasteiger charge is 2.26.